The van der Waals surface area contributed by atoms with Crippen molar-refractivity contribution in [1.82, 2.24) is 0 Å². The lowest BCUT2D eigenvalue weighted by molar-refractivity contribution is -0.136. The zero-order chi connectivity index (χ0) is 15.2. The molecule has 0 fully saturated rings. The van der Waals surface area contributed by atoms with Crippen molar-refractivity contribution in [1.29, 1.82) is 5.26 Å². The average molecular weight is 285 g/mol. The molecule has 106 valence electrons. The number of rotatable bonds is 5. The number of ether oxygens (including phenoxy) is 1. The summed E-state index contributed by atoms with van der Waals surface area (Å²) in [5.41, 5.74) is 1.11. The molecule has 2 aromatic carbocycles. The lowest BCUT2D eigenvalue weighted by Crippen LogP contribution is -2.05. The summed E-state index contributed by atoms with van der Waals surface area (Å²) in [5.74, 6) is -1.05. The van der Waals surface area contributed by atoms with Gasteiger partial charge < -0.3 is 9.84 Å². The summed E-state index contributed by atoms with van der Waals surface area (Å²) in [5, 5.41) is 17.6. The Hall–Kier alpha value is -2.87. The second kappa shape index (κ2) is 6.53. The van der Waals surface area contributed by atoms with E-state index < -0.39 is 11.8 Å². The highest BCUT2D eigenvalue weighted by Gasteiger charge is 2.09. The predicted molar refractivity (Wildman–Crippen MR) is 73.2 cm³/mol. The van der Waals surface area contributed by atoms with E-state index in [0.717, 1.165) is 0 Å². The van der Waals surface area contributed by atoms with Crippen molar-refractivity contribution in [3.05, 3.63) is 65.0 Å². The Morgan fingerprint density at radius 2 is 2.00 bits per heavy atom. The number of hydrogen-bond acceptors (Lipinski definition) is 3. The molecule has 0 aliphatic rings. The number of hydrogen-bond donors (Lipinski definition) is 1. The van der Waals surface area contributed by atoms with Gasteiger partial charge in [0.1, 0.15) is 18.2 Å². The SMILES string of the molecule is N#Cc1ccc(F)c(COc2ccccc2CC(=O)O)c1. The van der Waals surface area contributed by atoms with Gasteiger partial charge in [0.2, 0.25) is 0 Å². The van der Waals surface area contributed by atoms with E-state index in [4.69, 9.17) is 15.1 Å². The van der Waals surface area contributed by atoms with Crippen LogP contribution >= 0.6 is 0 Å². The molecular formula is C16H12FNO3. The van der Waals surface area contributed by atoms with Crippen molar-refractivity contribution < 1.29 is 19.0 Å². The Balaban J connectivity index is 2.17. The lowest BCUT2D eigenvalue weighted by atomic mass is 10.1. The maximum absolute atomic E-state index is 13.6. The van der Waals surface area contributed by atoms with Crippen LogP contribution < -0.4 is 4.74 Å². The van der Waals surface area contributed by atoms with Crippen LogP contribution in [0, 0.1) is 17.1 Å². The summed E-state index contributed by atoms with van der Waals surface area (Å²) in [6.45, 7) is -0.0714. The Morgan fingerprint density at radius 1 is 1.24 bits per heavy atom. The fourth-order valence-electron chi connectivity index (χ4n) is 1.86. The third kappa shape index (κ3) is 3.80. The first-order valence-corrected chi connectivity index (χ1v) is 6.21. The minimum Gasteiger partial charge on any atom is -0.488 e. The number of halogens is 1. The van der Waals surface area contributed by atoms with Crippen molar-refractivity contribution >= 4 is 5.97 Å². The molecule has 2 rings (SSSR count). The smallest absolute Gasteiger partial charge is 0.307 e. The summed E-state index contributed by atoms with van der Waals surface area (Å²) < 4.78 is 19.1. The quantitative estimate of drug-likeness (QED) is 0.917. The van der Waals surface area contributed by atoms with Crippen molar-refractivity contribution in [2.45, 2.75) is 13.0 Å². The van der Waals surface area contributed by atoms with Crippen LogP contribution in [0.5, 0.6) is 5.75 Å². The van der Waals surface area contributed by atoms with Gasteiger partial charge in [0.25, 0.3) is 0 Å². The third-order valence-corrected chi connectivity index (χ3v) is 2.87. The van der Waals surface area contributed by atoms with Crippen molar-refractivity contribution in [2.24, 2.45) is 0 Å². The first-order valence-electron chi connectivity index (χ1n) is 6.21. The van der Waals surface area contributed by atoms with Gasteiger partial charge in [-0.1, -0.05) is 18.2 Å². The molecular weight excluding hydrogens is 273 g/mol. The summed E-state index contributed by atoms with van der Waals surface area (Å²) in [6.07, 6.45) is -0.170. The van der Waals surface area contributed by atoms with Crippen LogP contribution in [-0.4, -0.2) is 11.1 Å². The third-order valence-electron chi connectivity index (χ3n) is 2.87. The minimum absolute atomic E-state index is 0.0714. The second-order valence-corrected chi connectivity index (χ2v) is 4.38. The van der Waals surface area contributed by atoms with Crippen molar-refractivity contribution in [3.8, 4) is 11.8 Å². The van der Waals surface area contributed by atoms with E-state index in [1.54, 1.807) is 24.3 Å². The van der Waals surface area contributed by atoms with Gasteiger partial charge >= 0.3 is 5.97 Å². The monoisotopic (exact) mass is 285 g/mol. The van der Waals surface area contributed by atoms with Gasteiger partial charge in [-0.3, -0.25) is 4.79 Å². The van der Waals surface area contributed by atoms with E-state index in [-0.39, 0.29) is 18.6 Å². The van der Waals surface area contributed by atoms with E-state index in [1.165, 1.54) is 18.2 Å². The topological polar surface area (TPSA) is 70.3 Å². The largest absolute Gasteiger partial charge is 0.488 e. The number of carbonyl (C=O) groups is 1. The summed E-state index contributed by atoms with van der Waals surface area (Å²) in [4.78, 5) is 10.8. The maximum Gasteiger partial charge on any atom is 0.307 e. The lowest BCUT2D eigenvalue weighted by Gasteiger charge is -2.11. The molecule has 4 nitrogen and oxygen atoms in total. The number of carboxylic acids is 1. The number of para-hydroxylation sites is 1. The predicted octanol–water partition coefficient (Wildman–Crippen LogP) is 2.90. The molecule has 0 spiro atoms. The first-order chi connectivity index (χ1) is 10.1. The normalized spacial score (nSPS) is 9.90. The van der Waals surface area contributed by atoms with Crippen LogP contribution in [0.2, 0.25) is 0 Å². The number of nitrogens with zero attached hydrogens (tertiary/aromatic N) is 1. The zero-order valence-electron chi connectivity index (χ0n) is 11.0. The minimum atomic E-state index is -0.969. The van der Waals surface area contributed by atoms with Gasteiger partial charge in [0, 0.05) is 11.1 Å². The van der Waals surface area contributed by atoms with Crippen molar-refractivity contribution in [3.63, 3.8) is 0 Å². The molecule has 0 aliphatic heterocycles. The molecule has 0 saturated carbocycles. The Labute approximate surface area is 121 Å². The molecule has 0 saturated heterocycles. The number of benzene rings is 2. The molecule has 0 aromatic heterocycles. The van der Waals surface area contributed by atoms with Gasteiger partial charge in [0.05, 0.1) is 18.1 Å². The fraction of sp³-hybridized carbons (Fsp3) is 0.125. The van der Waals surface area contributed by atoms with Crippen LogP contribution in [0.3, 0.4) is 0 Å². The van der Waals surface area contributed by atoms with Gasteiger partial charge in [-0.05, 0) is 24.3 Å². The molecule has 0 unspecified atom stereocenters. The summed E-state index contributed by atoms with van der Waals surface area (Å²) in [6, 6.07) is 12.6. The Kier molecular flexibility index (Phi) is 4.52. The number of carboxylic acid groups (broad SMARTS) is 1. The van der Waals surface area contributed by atoms with Crippen molar-refractivity contribution in [2.75, 3.05) is 0 Å². The Morgan fingerprint density at radius 3 is 2.71 bits per heavy atom. The highest BCUT2D eigenvalue weighted by molar-refractivity contribution is 5.71. The van der Waals surface area contributed by atoms with Crippen LogP contribution in [0.4, 0.5) is 4.39 Å². The van der Waals surface area contributed by atoms with Crippen LogP contribution in [0.1, 0.15) is 16.7 Å². The maximum atomic E-state index is 13.6. The molecule has 2 aromatic rings. The van der Waals surface area contributed by atoms with Gasteiger partial charge in [-0.25, -0.2) is 4.39 Å². The molecule has 21 heavy (non-hydrogen) atoms. The molecule has 0 atom stereocenters. The number of aliphatic carboxylic acids is 1. The molecule has 0 amide bonds. The second-order valence-electron chi connectivity index (χ2n) is 4.38. The molecule has 0 bridgehead atoms. The van der Waals surface area contributed by atoms with E-state index >= 15 is 0 Å². The van der Waals surface area contributed by atoms with E-state index in [0.29, 0.717) is 16.9 Å². The summed E-state index contributed by atoms with van der Waals surface area (Å²) >= 11 is 0. The highest BCUT2D eigenvalue weighted by Crippen LogP contribution is 2.21. The molecule has 5 heteroatoms. The first kappa shape index (κ1) is 14.5. The molecule has 0 aliphatic carbocycles. The van der Waals surface area contributed by atoms with E-state index in [1.807, 2.05) is 6.07 Å². The van der Waals surface area contributed by atoms with Gasteiger partial charge in [-0.15, -0.1) is 0 Å². The van der Waals surface area contributed by atoms with Crippen LogP contribution in [0.15, 0.2) is 42.5 Å². The average Bonchev–Trinajstić information content (AvgIpc) is 2.47. The molecule has 0 radical (unpaired) electrons. The van der Waals surface area contributed by atoms with Crippen LogP contribution in [-0.2, 0) is 17.8 Å². The van der Waals surface area contributed by atoms with E-state index in [9.17, 15) is 9.18 Å². The summed E-state index contributed by atoms with van der Waals surface area (Å²) in [7, 11) is 0. The highest BCUT2D eigenvalue weighted by atomic mass is 19.1. The van der Waals surface area contributed by atoms with Gasteiger partial charge in [-0.2, -0.15) is 5.26 Å². The number of nitriles is 1. The standard InChI is InChI=1S/C16H12FNO3/c17-14-6-5-11(9-18)7-13(14)10-21-15-4-2-1-3-12(15)8-16(19)20/h1-7H,8,10H2,(H,19,20). The molecule has 0 heterocycles. The zero-order valence-corrected chi connectivity index (χ0v) is 11.0. The Bertz CT molecular complexity index is 707. The fourth-order valence-corrected chi connectivity index (χ4v) is 1.86. The van der Waals surface area contributed by atoms with Gasteiger partial charge in [0.15, 0.2) is 0 Å². The molecule has 1 N–H and O–H groups in total. The van der Waals surface area contributed by atoms with Crippen LogP contribution in [0.25, 0.3) is 0 Å². The van der Waals surface area contributed by atoms with E-state index in [2.05, 4.69) is 0 Å².